The van der Waals surface area contributed by atoms with Crippen LogP contribution in [0.5, 0.6) is 0 Å². The van der Waals surface area contributed by atoms with E-state index in [4.69, 9.17) is 11.6 Å². The van der Waals surface area contributed by atoms with Crippen molar-refractivity contribution in [3.63, 3.8) is 0 Å². The third kappa shape index (κ3) is 2.59. The van der Waals surface area contributed by atoms with Crippen LogP contribution in [0.25, 0.3) is 16.5 Å². The first-order valence-electron chi connectivity index (χ1n) is 7.56. The van der Waals surface area contributed by atoms with Gasteiger partial charge in [0.15, 0.2) is 0 Å². The summed E-state index contributed by atoms with van der Waals surface area (Å²) in [7, 11) is -3.38. The van der Waals surface area contributed by atoms with E-state index in [-0.39, 0.29) is 0 Å². The van der Waals surface area contributed by atoms with Crippen LogP contribution in [-0.2, 0) is 10.0 Å². The molecule has 0 unspecified atom stereocenters. The van der Waals surface area contributed by atoms with E-state index in [1.165, 1.54) is 15.6 Å². The Hall–Kier alpha value is -1.60. The molecule has 1 aromatic carbocycles. The van der Waals surface area contributed by atoms with Crippen molar-refractivity contribution in [1.82, 2.24) is 9.29 Å². The number of aromatic nitrogens is 1. The number of halogens is 1. The van der Waals surface area contributed by atoms with Crippen molar-refractivity contribution in [2.24, 2.45) is 0 Å². The second-order valence-corrected chi connectivity index (χ2v) is 9.16. The van der Waals surface area contributed by atoms with E-state index in [1.807, 2.05) is 30.5 Å². The molecule has 1 N–H and O–H groups in total. The molecular formula is C17H15ClN2O2S2. The summed E-state index contributed by atoms with van der Waals surface area (Å²) in [5.74, 6) is 0. The molecule has 7 heteroatoms. The van der Waals surface area contributed by atoms with E-state index in [0.717, 1.165) is 22.0 Å². The van der Waals surface area contributed by atoms with Gasteiger partial charge in [0.05, 0.1) is 10.5 Å². The number of hydrogen-bond acceptors (Lipinski definition) is 3. The first-order chi connectivity index (χ1) is 11.6. The summed E-state index contributed by atoms with van der Waals surface area (Å²) in [6.07, 6.45) is 4.63. The van der Waals surface area contributed by atoms with Crippen molar-refractivity contribution in [3.8, 4) is 0 Å². The summed E-state index contributed by atoms with van der Waals surface area (Å²) in [5.41, 5.74) is 3.17. The number of nitrogens with one attached hydrogen (secondary N) is 1. The lowest BCUT2D eigenvalue weighted by atomic mass is 10.00. The van der Waals surface area contributed by atoms with Gasteiger partial charge in [-0.05, 0) is 29.5 Å². The number of rotatable bonds is 3. The molecule has 124 valence electrons. The lowest BCUT2D eigenvalue weighted by Crippen LogP contribution is -2.34. The summed E-state index contributed by atoms with van der Waals surface area (Å²) in [6.45, 7) is 0.877. The Kier molecular flexibility index (Phi) is 4.00. The van der Waals surface area contributed by atoms with Crippen LogP contribution in [0.3, 0.4) is 0 Å². The van der Waals surface area contributed by atoms with Crippen LogP contribution in [0, 0.1) is 0 Å². The Morgan fingerprint density at radius 3 is 2.79 bits per heavy atom. The molecule has 2 aromatic heterocycles. The normalized spacial score (nSPS) is 16.5. The second-order valence-electron chi connectivity index (χ2n) is 5.64. The van der Waals surface area contributed by atoms with E-state index in [1.54, 1.807) is 17.5 Å². The highest BCUT2D eigenvalue weighted by Crippen LogP contribution is 2.33. The van der Waals surface area contributed by atoms with Crippen molar-refractivity contribution >= 4 is 49.4 Å². The highest BCUT2D eigenvalue weighted by Gasteiger charge is 2.27. The monoisotopic (exact) mass is 378 g/mol. The SMILES string of the molecule is O=S(=O)(c1cccs1)N1CC=C(c2c[nH]c3c(Cl)cccc23)CC1. The number of sulfonamides is 1. The van der Waals surface area contributed by atoms with Gasteiger partial charge in [-0.15, -0.1) is 11.3 Å². The second kappa shape index (κ2) is 6.04. The minimum absolute atomic E-state index is 0.392. The van der Waals surface area contributed by atoms with E-state index >= 15 is 0 Å². The van der Waals surface area contributed by atoms with Gasteiger partial charge < -0.3 is 4.98 Å². The summed E-state index contributed by atoms with van der Waals surface area (Å²) >= 11 is 7.47. The van der Waals surface area contributed by atoms with Crippen LogP contribution in [0.15, 0.2) is 52.2 Å². The maximum atomic E-state index is 12.6. The zero-order valence-electron chi connectivity index (χ0n) is 12.7. The molecule has 0 saturated heterocycles. The minimum atomic E-state index is -3.38. The number of nitrogens with zero attached hydrogens (tertiary/aromatic N) is 1. The molecule has 1 aliphatic heterocycles. The van der Waals surface area contributed by atoms with E-state index < -0.39 is 10.0 Å². The number of H-pyrrole nitrogens is 1. The minimum Gasteiger partial charge on any atom is -0.359 e. The third-order valence-corrected chi connectivity index (χ3v) is 7.82. The van der Waals surface area contributed by atoms with Gasteiger partial charge in [-0.2, -0.15) is 4.31 Å². The van der Waals surface area contributed by atoms with Gasteiger partial charge in [-0.25, -0.2) is 8.42 Å². The lowest BCUT2D eigenvalue weighted by molar-refractivity contribution is 0.443. The first kappa shape index (κ1) is 15.9. The van der Waals surface area contributed by atoms with Crippen LogP contribution in [-0.4, -0.2) is 30.8 Å². The molecule has 4 nitrogen and oxygen atoms in total. The molecule has 0 atom stereocenters. The summed E-state index contributed by atoms with van der Waals surface area (Å²) < 4.78 is 27.1. The molecule has 0 spiro atoms. The molecule has 0 amide bonds. The fourth-order valence-electron chi connectivity index (χ4n) is 3.03. The van der Waals surface area contributed by atoms with Gasteiger partial charge in [0, 0.05) is 30.2 Å². The highest BCUT2D eigenvalue weighted by molar-refractivity contribution is 7.91. The average molecular weight is 379 g/mol. The third-order valence-electron chi connectivity index (χ3n) is 4.27. The lowest BCUT2D eigenvalue weighted by Gasteiger charge is -2.25. The van der Waals surface area contributed by atoms with Crippen LogP contribution in [0.1, 0.15) is 12.0 Å². The van der Waals surface area contributed by atoms with Gasteiger partial charge >= 0.3 is 0 Å². The standard InChI is InChI=1S/C17H15ClN2O2S2/c18-15-4-1-3-13-14(11-19-17(13)15)12-6-8-20(9-7-12)24(21,22)16-5-2-10-23-16/h1-6,10-11,19H,7-9H2. The van der Waals surface area contributed by atoms with Crippen LogP contribution < -0.4 is 0 Å². The number of para-hydroxylation sites is 1. The van der Waals surface area contributed by atoms with E-state index in [0.29, 0.717) is 28.7 Å². The van der Waals surface area contributed by atoms with Gasteiger partial charge in [-0.3, -0.25) is 0 Å². The number of benzene rings is 1. The molecule has 0 fully saturated rings. The van der Waals surface area contributed by atoms with Crippen LogP contribution in [0.4, 0.5) is 0 Å². The summed E-state index contributed by atoms with van der Waals surface area (Å²) in [4.78, 5) is 3.21. The summed E-state index contributed by atoms with van der Waals surface area (Å²) in [6, 6.07) is 9.23. The van der Waals surface area contributed by atoms with Crippen molar-refractivity contribution in [2.45, 2.75) is 10.6 Å². The van der Waals surface area contributed by atoms with Crippen LogP contribution >= 0.6 is 22.9 Å². The maximum absolute atomic E-state index is 12.6. The molecule has 0 radical (unpaired) electrons. The smallest absolute Gasteiger partial charge is 0.252 e. The van der Waals surface area contributed by atoms with Gasteiger partial charge in [0.25, 0.3) is 10.0 Å². The zero-order valence-corrected chi connectivity index (χ0v) is 15.1. The van der Waals surface area contributed by atoms with Crippen molar-refractivity contribution in [3.05, 3.63) is 58.6 Å². The van der Waals surface area contributed by atoms with E-state index in [2.05, 4.69) is 4.98 Å². The quantitative estimate of drug-likeness (QED) is 0.736. The molecule has 0 bridgehead atoms. The molecule has 0 saturated carbocycles. The Balaban J connectivity index is 1.64. The molecule has 0 aliphatic carbocycles. The van der Waals surface area contributed by atoms with Crippen LogP contribution in [0.2, 0.25) is 5.02 Å². The molecule has 3 heterocycles. The number of thiophene rings is 1. The Bertz CT molecular complexity index is 1020. The van der Waals surface area contributed by atoms with Gasteiger partial charge in [-0.1, -0.05) is 35.9 Å². The van der Waals surface area contributed by atoms with Crippen molar-refractivity contribution < 1.29 is 8.42 Å². The number of hydrogen-bond donors (Lipinski definition) is 1. The molecule has 4 rings (SSSR count). The molecule has 1 aliphatic rings. The number of fused-ring (bicyclic) bond motifs is 1. The highest BCUT2D eigenvalue weighted by atomic mass is 35.5. The zero-order chi connectivity index (χ0) is 16.7. The fourth-order valence-corrected chi connectivity index (χ4v) is 5.79. The first-order valence-corrected chi connectivity index (χ1v) is 10.3. The maximum Gasteiger partial charge on any atom is 0.252 e. The Morgan fingerprint density at radius 1 is 1.21 bits per heavy atom. The number of aromatic amines is 1. The largest absolute Gasteiger partial charge is 0.359 e. The summed E-state index contributed by atoms with van der Waals surface area (Å²) in [5, 5.41) is 3.55. The van der Waals surface area contributed by atoms with E-state index in [9.17, 15) is 8.42 Å². The fraction of sp³-hybridized carbons (Fsp3) is 0.176. The predicted octanol–water partition coefficient (Wildman–Crippen LogP) is 4.36. The van der Waals surface area contributed by atoms with Crippen molar-refractivity contribution in [1.29, 1.82) is 0 Å². The average Bonchev–Trinajstić information content (AvgIpc) is 3.26. The van der Waals surface area contributed by atoms with Gasteiger partial charge in [0.1, 0.15) is 4.21 Å². The predicted molar refractivity (Wildman–Crippen MR) is 99.0 cm³/mol. The molecule has 3 aromatic rings. The Morgan fingerprint density at radius 2 is 2.08 bits per heavy atom. The molecule has 24 heavy (non-hydrogen) atoms. The van der Waals surface area contributed by atoms with Crippen molar-refractivity contribution in [2.75, 3.05) is 13.1 Å². The topological polar surface area (TPSA) is 53.2 Å². The van der Waals surface area contributed by atoms with Gasteiger partial charge in [0.2, 0.25) is 0 Å². The Labute approximate surface area is 149 Å². The molecular weight excluding hydrogens is 364 g/mol.